The number of hydrogen-bond donors (Lipinski definition) is 2. The maximum atomic E-state index is 12.3. The Hall–Kier alpha value is -1.62. The van der Waals surface area contributed by atoms with Crippen LogP contribution < -0.4 is 10.6 Å². The monoisotopic (exact) mass is 290 g/mol. The minimum Gasteiger partial charge on any atom is -0.383 e. The van der Waals surface area contributed by atoms with Gasteiger partial charge in [-0.15, -0.1) is 0 Å². The molecule has 0 saturated carbocycles. The quantitative estimate of drug-likeness (QED) is 0.841. The molecule has 1 aliphatic rings. The first-order valence-corrected chi connectivity index (χ1v) is 7.93. The number of anilines is 1. The molecule has 0 atom stereocenters. The minimum absolute atomic E-state index is 0.00808. The number of hydrogen-bond acceptors (Lipinski definition) is 4. The second-order valence-electron chi connectivity index (χ2n) is 5.54. The van der Waals surface area contributed by atoms with Crippen molar-refractivity contribution in [3.63, 3.8) is 0 Å². The molecule has 1 saturated heterocycles. The van der Waals surface area contributed by atoms with Crippen molar-refractivity contribution in [2.45, 2.75) is 26.7 Å². The second-order valence-corrected chi connectivity index (χ2v) is 5.54. The molecule has 1 aromatic heterocycles. The fourth-order valence-electron chi connectivity index (χ4n) is 2.76. The van der Waals surface area contributed by atoms with Crippen LogP contribution in [0.15, 0.2) is 18.5 Å². The lowest BCUT2D eigenvalue weighted by atomic mass is 9.96. The van der Waals surface area contributed by atoms with Crippen LogP contribution in [0.1, 0.15) is 37.0 Å². The zero-order valence-electron chi connectivity index (χ0n) is 13.1. The van der Waals surface area contributed by atoms with Crippen LogP contribution in [0.5, 0.6) is 0 Å². The van der Waals surface area contributed by atoms with Gasteiger partial charge in [-0.25, -0.2) is 0 Å². The Bertz CT molecular complexity index is 455. The molecule has 1 aromatic rings. The van der Waals surface area contributed by atoms with Crippen molar-refractivity contribution < 1.29 is 4.79 Å². The van der Waals surface area contributed by atoms with E-state index in [1.807, 2.05) is 6.92 Å². The van der Waals surface area contributed by atoms with Gasteiger partial charge < -0.3 is 15.5 Å². The summed E-state index contributed by atoms with van der Waals surface area (Å²) in [6, 6.07) is 1.77. The first-order valence-electron chi connectivity index (χ1n) is 7.93. The molecule has 5 nitrogen and oxygen atoms in total. The van der Waals surface area contributed by atoms with Crippen LogP contribution in [0.2, 0.25) is 0 Å². The number of rotatable bonds is 6. The number of pyridine rings is 1. The van der Waals surface area contributed by atoms with Crippen LogP contribution in [-0.4, -0.2) is 48.5 Å². The minimum atomic E-state index is -0.00808. The first-order chi connectivity index (χ1) is 10.2. The molecule has 0 radical (unpaired) electrons. The number of carbonyl (C=O) groups is 1. The fraction of sp³-hybridized carbons (Fsp3) is 0.625. The highest BCUT2D eigenvalue weighted by Gasteiger charge is 2.19. The van der Waals surface area contributed by atoms with E-state index in [4.69, 9.17) is 0 Å². The third-order valence-corrected chi connectivity index (χ3v) is 4.14. The van der Waals surface area contributed by atoms with Crippen molar-refractivity contribution in [3.05, 3.63) is 24.0 Å². The maximum Gasteiger partial charge on any atom is 0.253 e. The number of piperidine rings is 1. The van der Waals surface area contributed by atoms with Crippen molar-refractivity contribution in [2.24, 2.45) is 5.92 Å². The molecule has 1 fully saturated rings. The molecule has 0 aromatic carbocycles. The summed E-state index contributed by atoms with van der Waals surface area (Å²) in [5.74, 6) is 0.590. The zero-order chi connectivity index (χ0) is 15.1. The van der Waals surface area contributed by atoms with E-state index in [2.05, 4.69) is 27.4 Å². The van der Waals surface area contributed by atoms with Gasteiger partial charge in [-0.05, 0) is 51.4 Å². The Morgan fingerprint density at radius 2 is 2.14 bits per heavy atom. The van der Waals surface area contributed by atoms with Gasteiger partial charge in [-0.3, -0.25) is 9.78 Å². The summed E-state index contributed by atoms with van der Waals surface area (Å²) in [7, 11) is 0. The van der Waals surface area contributed by atoms with Gasteiger partial charge >= 0.3 is 0 Å². The normalized spacial score (nSPS) is 16.7. The van der Waals surface area contributed by atoms with E-state index in [9.17, 15) is 4.79 Å². The maximum absolute atomic E-state index is 12.3. The highest BCUT2D eigenvalue weighted by molar-refractivity contribution is 5.99. The van der Waals surface area contributed by atoms with Crippen molar-refractivity contribution in [1.82, 2.24) is 15.2 Å². The van der Waals surface area contributed by atoms with Crippen LogP contribution in [-0.2, 0) is 0 Å². The summed E-state index contributed by atoms with van der Waals surface area (Å²) in [4.78, 5) is 18.8. The summed E-state index contributed by atoms with van der Waals surface area (Å²) in [5.41, 5.74) is 1.48. The number of amides is 1. The summed E-state index contributed by atoms with van der Waals surface area (Å²) in [5, 5.41) is 6.25. The van der Waals surface area contributed by atoms with E-state index >= 15 is 0 Å². The first kappa shape index (κ1) is 15.8. The van der Waals surface area contributed by atoms with E-state index < -0.39 is 0 Å². The SMILES string of the molecule is CCNc1cnccc1C(=O)NCC1CCN(CC)CC1. The molecule has 2 N–H and O–H groups in total. The standard InChI is InChI=1S/C16H26N4O/c1-3-18-15-12-17-8-5-14(15)16(21)19-11-13-6-9-20(4-2)10-7-13/h5,8,12-13,18H,3-4,6-7,9-11H2,1-2H3,(H,19,21). The lowest BCUT2D eigenvalue weighted by Crippen LogP contribution is -2.38. The molecule has 0 unspecified atom stereocenters. The van der Waals surface area contributed by atoms with Gasteiger partial charge in [0.2, 0.25) is 0 Å². The Morgan fingerprint density at radius 1 is 1.38 bits per heavy atom. The summed E-state index contributed by atoms with van der Waals surface area (Å²) < 4.78 is 0. The number of likely N-dealkylation sites (tertiary alicyclic amines) is 1. The van der Waals surface area contributed by atoms with Crippen LogP contribution >= 0.6 is 0 Å². The van der Waals surface area contributed by atoms with Crippen LogP contribution in [0.25, 0.3) is 0 Å². The molecule has 116 valence electrons. The molecule has 2 rings (SSSR count). The van der Waals surface area contributed by atoms with Gasteiger partial charge in [0, 0.05) is 19.3 Å². The lowest BCUT2D eigenvalue weighted by Gasteiger charge is -2.31. The van der Waals surface area contributed by atoms with E-state index in [1.54, 1.807) is 18.5 Å². The van der Waals surface area contributed by atoms with Gasteiger partial charge in [0.25, 0.3) is 5.91 Å². The predicted molar refractivity (Wildman–Crippen MR) is 85.6 cm³/mol. The number of nitrogens with zero attached hydrogens (tertiary/aromatic N) is 2. The van der Waals surface area contributed by atoms with Crippen LogP contribution in [0, 0.1) is 5.92 Å². The molecule has 5 heteroatoms. The molecule has 21 heavy (non-hydrogen) atoms. The van der Waals surface area contributed by atoms with E-state index in [-0.39, 0.29) is 5.91 Å². The predicted octanol–water partition coefficient (Wildman–Crippen LogP) is 1.98. The summed E-state index contributed by atoms with van der Waals surface area (Å²) in [6.07, 6.45) is 5.71. The largest absolute Gasteiger partial charge is 0.383 e. The Kier molecular flexibility index (Phi) is 5.99. The third-order valence-electron chi connectivity index (χ3n) is 4.14. The van der Waals surface area contributed by atoms with Gasteiger partial charge in [0.05, 0.1) is 17.4 Å². The highest BCUT2D eigenvalue weighted by atomic mass is 16.1. The molecule has 1 aliphatic heterocycles. The zero-order valence-corrected chi connectivity index (χ0v) is 13.1. The molecule has 1 amide bonds. The van der Waals surface area contributed by atoms with Crippen LogP contribution in [0.4, 0.5) is 5.69 Å². The van der Waals surface area contributed by atoms with Crippen molar-refractivity contribution in [1.29, 1.82) is 0 Å². The number of nitrogens with one attached hydrogen (secondary N) is 2. The van der Waals surface area contributed by atoms with Gasteiger partial charge in [-0.2, -0.15) is 0 Å². The molecular formula is C16H26N4O. The smallest absolute Gasteiger partial charge is 0.253 e. The van der Waals surface area contributed by atoms with E-state index in [0.717, 1.165) is 38.4 Å². The molecule has 0 bridgehead atoms. The Balaban J connectivity index is 1.85. The molecule has 0 spiro atoms. The second kappa shape index (κ2) is 7.98. The van der Waals surface area contributed by atoms with Crippen molar-refractivity contribution in [2.75, 3.05) is 38.0 Å². The molecular weight excluding hydrogens is 264 g/mol. The van der Waals surface area contributed by atoms with Crippen molar-refractivity contribution >= 4 is 11.6 Å². The van der Waals surface area contributed by atoms with Gasteiger partial charge in [-0.1, -0.05) is 6.92 Å². The van der Waals surface area contributed by atoms with Gasteiger partial charge in [0.15, 0.2) is 0 Å². The number of aromatic nitrogens is 1. The average Bonchev–Trinajstić information content (AvgIpc) is 2.54. The Labute approximate surface area is 127 Å². The topological polar surface area (TPSA) is 57.3 Å². The van der Waals surface area contributed by atoms with Crippen LogP contribution in [0.3, 0.4) is 0 Å². The average molecular weight is 290 g/mol. The molecule has 0 aliphatic carbocycles. The van der Waals surface area contributed by atoms with E-state index in [1.165, 1.54) is 12.8 Å². The van der Waals surface area contributed by atoms with Crippen molar-refractivity contribution in [3.8, 4) is 0 Å². The molecule has 2 heterocycles. The lowest BCUT2D eigenvalue weighted by molar-refractivity contribution is 0.0937. The fourth-order valence-corrected chi connectivity index (χ4v) is 2.76. The highest BCUT2D eigenvalue weighted by Crippen LogP contribution is 2.17. The number of carbonyl (C=O) groups excluding carboxylic acids is 1. The summed E-state index contributed by atoms with van der Waals surface area (Å²) >= 11 is 0. The third kappa shape index (κ3) is 4.43. The Morgan fingerprint density at radius 3 is 2.81 bits per heavy atom. The van der Waals surface area contributed by atoms with E-state index in [0.29, 0.717) is 11.5 Å². The summed E-state index contributed by atoms with van der Waals surface area (Å²) in [6.45, 7) is 9.18. The van der Waals surface area contributed by atoms with Gasteiger partial charge in [0.1, 0.15) is 0 Å².